The monoisotopic (exact) mass is 176 g/mol. The maximum absolute atomic E-state index is 10.9. The van der Waals surface area contributed by atoms with Crippen LogP contribution in [0, 0.1) is 0 Å². The van der Waals surface area contributed by atoms with Crippen molar-refractivity contribution in [1.82, 2.24) is 19.9 Å². The fourth-order valence-corrected chi connectivity index (χ4v) is 0.776. The second-order valence-corrected chi connectivity index (χ2v) is 1.83. The fourth-order valence-electron chi connectivity index (χ4n) is 0.776. The minimum atomic E-state index is -0.192. The van der Waals surface area contributed by atoms with Crippen LogP contribution < -0.4 is 56.9 Å². The second kappa shape index (κ2) is 3.59. The molecule has 0 saturated heterocycles. The molecule has 2 N–H and O–H groups in total. The van der Waals surface area contributed by atoms with Crippen molar-refractivity contribution < 1.29 is 52.8 Å². The van der Waals surface area contributed by atoms with Gasteiger partial charge in [-0.25, -0.2) is 9.97 Å². The summed E-state index contributed by atoms with van der Waals surface area (Å²) in [6, 6.07) is 0. The molecule has 0 unspecified atom stereocenters. The number of aromatic nitrogens is 4. The summed E-state index contributed by atoms with van der Waals surface area (Å²) in [4.78, 5) is 23.6. The van der Waals surface area contributed by atoms with Gasteiger partial charge in [-0.05, 0) is 0 Å². The molecular weight excluding hydrogens is 171 g/mol. The van der Waals surface area contributed by atoms with Crippen LogP contribution in [-0.2, 0) is 0 Å². The molecule has 0 amide bonds. The van der Waals surface area contributed by atoms with Gasteiger partial charge in [0.1, 0.15) is 0 Å². The van der Waals surface area contributed by atoms with Crippen molar-refractivity contribution in [3.63, 3.8) is 0 Å². The largest absolute Gasteiger partial charge is 1.00 e. The SMILES string of the molecule is O=c1[nH]cnc2nc[nH]c12.[H-].[K+]. The van der Waals surface area contributed by atoms with Crippen molar-refractivity contribution >= 4 is 11.2 Å². The molecule has 0 aliphatic heterocycles. The molecule has 0 bridgehead atoms. The number of fused-ring (bicyclic) bond motifs is 1. The maximum atomic E-state index is 10.9. The molecule has 0 saturated carbocycles. The normalized spacial score (nSPS) is 9.45. The zero-order valence-corrected chi connectivity index (χ0v) is 9.08. The standard InChI is InChI=1S/C5H4N4O.K.H/c10-5-3-4(7-1-6-3)8-2-9-5;;/h1-2H,(H2,6,7,8,9,10);;/q;+1;-1. The molecule has 0 atom stereocenters. The predicted octanol–water partition coefficient (Wildman–Crippen LogP) is -3.24. The quantitative estimate of drug-likeness (QED) is 0.414. The summed E-state index contributed by atoms with van der Waals surface area (Å²) in [7, 11) is 0. The third kappa shape index (κ3) is 1.59. The van der Waals surface area contributed by atoms with Crippen LogP contribution in [-0.4, -0.2) is 19.9 Å². The minimum absolute atomic E-state index is 0. The number of nitrogens with one attached hydrogen (secondary N) is 2. The van der Waals surface area contributed by atoms with Gasteiger partial charge in [0.25, 0.3) is 5.56 Å². The average molecular weight is 176 g/mol. The number of hydrogen-bond donors (Lipinski definition) is 2. The van der Waals surface area contributed by atoms with E-state index in [0.717, 1.165) is 0 Å². The molecule has 11 heavy (non-hydrogen) atoms. The van der Waals surface area contributed by atoms with E-state index in [1.54, 1.807) is 0 Å². The summed E-state index contributed by atoms with van der Waals surface area (Å²) >= 11 is 0. The van der Waals surface area contributed by atoms with Crippen molar-refractivity contribution in [2.45, 2.75) is 0 Å². The summed E-state index contributed by atoms with van der Waals surface area (Å²) in [5.41, 5.74) is 0.675. The second-order valence-electron chi connectivity index (χ2n) is 1.83. The van der Waals surface area contributed by atoms with Crippen LogP contribution in [0.25, 0.3) is 11.2 Å². The van der Waals surface area contributed by atoms with Gasteiger partial charge < -0.3 is 11.4 Å². The first kappa shape index (κ1) is 9.08. The Kier molecular flexibility index (Phi) is 2.96. The zero-order valence-electron chi connectivity index (χ0n) is 6.96. The first-order valence-electron chi connectivity index (χ1n) is 2.75. The molecule has 0 aliphatic carbocycles. The molecule has 2 heterocycles. The summed E-state index contributed by atoms with van der Waals surface area (Å²) in [5.74, 6) is 0. The Morgan fingerprint density at radius 2 is 1.91 bits per heavy atom. The molecule has 5 nitrogen and oxygen atoms in total. The van der Waals surface area contributed by atoms with Gasteiger partial charge in [0, 0.05) is 0 Å². The summed E-state index contributed by atoms with van der Waals surface area (Å²) in [6.07, 6.45) is 2.76. The number of H-pyrrole nitrogens is 2. The number of imidazole rings is 1. The van der Waals surface area contributed by atoms with Crippen LogP contribution >= 0.6 is 0 Å². The van der Waals surface area contributed by atoms with Crippen LogP contribution in [0.4, 0.5) is 0 Å². The van der Waals surface area contributed by atoms with Gasteiger partial charge in [0.05, 0.1) is 12.7 Å². The third-order valence-electron chi connectivity index (χ3n) is 1.23. The van der Waals surface area contributed by atoms with Gasteiger partial charge in [-0.1, -0.05) is 0 Å². The number of hydrogen-bond acceptors (Lipinski definition) is 3. The van der Waals surface area contributed by atoms with Gasteiger partial charge >= 0.3 is 51.4 Å². The topological polar surface area (TPSA) is 74.4 Å². The van der Waals surface area contributed by atoms with E-state index in [2.05, 4.69) is 19.9 Å². The van der Waals surface area contributed by atoms with E-state index in [1.165, 1.54) is 12.7 Å². The van der Waals surface area contributed by atoms with E-state index in [-0.39, 0.29) is 58.4 Å². The number of nitrogens with zero attached hydrogens (tertiary/aromatic N) is 2. The third-order valence-corrected chi connectivity index (χ3v) is 1.23. The molecule has 2 aromatic heterocycles. The molecule has 52 valence electrons. The maximum Gasteiger partial charge on any atom is 1.00 e. The van der Waals surface area contributed by atoms with E-state index in [0.29, 0.717) is 11.2 Å². The van der Waals surface area contributed by atoms with Crippen molar-refractivity contribution in [2.75, 3.05) is 0 Å². The molecule has 0 aliphatic rings. The molecule has 2 aromatic rings. The van der Waals surface area contributed by atoms with Crippen molar-refractivity contribution in [3.8, 4) is 0 Å². The summed E-state index contributed by atoms with van der Waals surface area (Å²) < 4.78 is 0. The van der Waals surface area contributed by atoms with Gasteiger partial charge in [0.15, 0.2) is 11.2 Å². The number of rotatable bonds is 0. The molecular formula is C5H5KN4O. The van der Waals surface area contributed by atoms with E-state index in [9.17, 15) is 4.79 Å². The van der Waals surface area contributed by atoms with E-state index in [1.807, 2.05) is 0 Å². The van der Waals surface area contributed by atoms with Crippen LogP contribution in [0.3, 0.4) is 0 Å². The zero-order chi connectivity index (χ0) is 6.97. The molecule has 2 rings (SSSR count). The smallest absolute Gasteiger partial charge is 1.00 e. The Morgan fingerprint density at radius 3 is 2.55 bits per heavy atom. The first-order valence-corrected chi connectivity index (χ1v) is 2.75. The molecule has 0 radical (unpaired) electrons. The Labute approximate surface area is 106 Å². The Morgan fingerprint density at radius 1 is 1.27 bits per heavy atom. The fraction of sp³-hybridized carbons (Fsp3) is 0. The van der Waals surface area contributed by atoms with Gasteiger partial charge in [-0.2, -0.15) is 0 Å². The Hall–Kier alpha value is -0.0136. The van der Waals surface area contributed by atoms with E-state index in [4.69, 9.17) is 0 Å². The van der Waals surface area contributed by atoms with Gasteiger partial charge in [-0.15, -0.1) is 0 Å². The summed E-state index contributed by atoms with van der Waals surface area (Å²) in [6.45, 7) is 0. The average Bonchev–Trinajstić information content (AvgIpc) is 2.36. The minimum Gasteiger partial charge on any atom is -1.00 e. The van der Waals surface area contributed by atoms with Crippen molar-refractivity contribution in [3.05, 3.63) is 23.0 Å². The molecule has 0 aromatic carbocycles. The van der Waals surface area contributed by atoms with Crippen LogP contribution in [0.1, 0.15) is 1.43 Å². The van der Waals surface area contributed by atoms with Crippen molar-refractivity contribution in [2.24, 2.45) is 0 Å². The van der Waals surface area contributed by atoms with E-state index >= 15 is 0 Å². The summed E-state index contributed by atoms with van der Waals surface area (Å²) in [5, 5.41) is 0. The molecule has 0 fully saturated rings. The predicted molar refractivity (Wildman–Crippen MR) is 35.6 cm³/mol. The first-order chi connectivity index (χ1) is 4.88. The molecule has 6 heteroatoms. The van der Waals surface area contributed by atoms with Crippen LogP contribution in [0.2, 0.25) is 0 Å². The van der Waals surface area contributed by atoms with E-state index < -0.39 is 0 Å². The Balaban J connectivity index is 0.000000605. The van der Waals surface area contributed by atoms with Crippen LogP contribution in [0.15, 0.2) is 17.4 Å². The van der Waals surface area contributed by atoms with Gasteiger partial charge in [-0.3, -0.25) is 4.79 Å². The number of aromatic amines is 2. The van der Waals surface area contributed by atoms with Crippen LogP contribution in [0.5, 0.6) is 0 Å². The van der Waals surface area contributed by atoms with Gasteiger partial charge in [0.2, 0.25) is 0 Å². The molecule has 0 spiro atoms. The van der Waals surface area contributed by atoms with Crippen molar-refractivity contribution in [1.29, 1.82) is 0 Å². The Bertz CT molecular complexity index is 411.